The summed E-state index contributed by atoms with van der Waals surface area (Å²) in [5, 5.41) is 3.00. The minimum Gasteiger partial charge on any atom is -0.374 e. The Labute approximate surface area is 72.9 Å². The molecule has 1 aliphatic rings. The molecular formula is C8H17FN2O. The van der Waals surface area contributed by atoms with Crippen LogP contribution >= 0.6 is 0 Å². The van der Waals surface area contributed by atoms with E-state index in [1.54, 1.807) is 0 Å². The summed E-state index contributed by atoms with van der Waals surface area (Å²) in [5.74, 6) is 0. The molecule has 1 fully saturated rings. The third kappa shape index (κ3) is 3.47. The third-order valence-corrected chi connectivity index (χ3v) is 1.99. The minimum absolute atomic E-state index is 0.232. The zero-order valence-corrected chi connectivity index (χ0v) is 7.55. The van der Waals surface area contributed by atoms with Gasteiger partial charge in [0.15, 0.2) is 0 Å². The maximum absolute atomic E-state index is 11.7. The fourth-order valence-corrected chi connectivity index (χ4v) is 1.32. The lowest BCUT2D eigenvalue weighted by atomic mass is 10.3. The van der Waals surface area contributed by atoms with Gasteiger partial charge in [-0.2, -0.15) is 0 Å². The highest BCUT2D eigenvalue weighted by atomic mass is 19.1. The molecule has 0 aromatic rings. The first-order valence-electron chi connectivity index (χ1n) is 4.39. The van der Waals surface area contributed by atoms with Crippen molar-refractivity contribution in [1.29, 1.82) is 0 Å². The summed E-state index contributed by atoms with van der Waals surface area (Å²) in [6.45, 7) is 3.62. The first kappa shape index (κ1) is 9.89. The lowest BCUT2D eigenvalue weighted by Crippen LogP contribution is -2.45. The number of hydrogen-bond acceptors (Lipinski definition) is 3. The molecule has 4 heteroatoms. The van der Waals surface area contributed by atoms with Crippen LogP contribution in [0, 0.1) is 0 Å². The van der Waals surface area contributed by atoms with E-state index < -0.39 is 0 Å². The summed E-state index contributed by atoms with van der Waals surface area (Å²) >= 11 is 0. The van der Waals surface area contributed by atoms with E-state index in [2.05, 4.69) is 17.3 Å². The van der Waals surface area contributed by atoms with Crippen LogP contribution in [0.5, 0.6) is 0 Å². The van der Waals surface area contributed by atoms with Crippen LogP contribution in [0.1, 0.15) is 0 Å². The second kappa shape index (κ2) is 5.45. The maximum Gasteiger partial charge on any atom is 0.102 e. The predicted molar refractivity (Wildman–Crippen MR) is 46.1 cm³/mol. The Bertz CT molecular complexity index is 124. The monoisotopic (exact) mass is 176 g/mol. The Morgan fingerprint density at radius 1 is 1.67 bits per heavy atom. The maximum atomic E-state index is 11.7. The first-order chi connectivity index (χ1) is 5.83. The average molecular weight is 176 g/mol. The normalized spacial score (nSPS) is 26.0. The molecule has 1 N–H and O–H groups in total. The Morgan fingerprint density at radius 3 is 3.17 bits per heavy atom. The van der Waals surface area contributed by atoms with E-state index in [0.29, 0.717) is 6.54 Å². The minimum atomic E-state index is -0.303. The van der Waals surface area contributed by atoms with Gasteiger partial charge >= 0.3 is 0 Å². The Kier molecular flexibility index (Phi) is 4.50. The molecule has 0 saturated carbocycles. The van der Waals surface area contributed by atoms with E-state index >= 15 is 0 Å². The van der Waals surface area contributed by atoms with Gasteiger partial charge in [-0.1, -0.05) is 0 Å². The topological polar surface area (TPSA) is 24.5 Å². The molecule has 0 aromatic heterocycles. The Hall–Kier alpha value is -0.190. The smallest absolute Gasteiger partial charge is 0.102 e. The van der Waals surface area contributed by atoms with Gasteiger partial charge in [0.25, 0.3) is 0 Å². The number of rotatable bonds is 4. The van der Waals surface area contributed by atoms with Crippen molar-refractivity contribution in [2.75, 3.05) is 46.5 Å². The van der Waals surface area contributed by atoms with Crippen LogP contribution in [0.15, 0.2) is 0 Å². The second-order valence-corrected chi connectivity index (χ2v) is 3.15. The summed E-state index contributed by atoms with van der Waals surface area (Å²) < 4.78 is 17.2. The van der Waals surface area contributed by atoms with E-state index in [1.165, 1.54) is 0 Å². The SMILES string of the molecule is CN1CCOC(CNCCF)C1. The molecule has 0 radical (unpaired) electrons. The molecule has 72 valence electrons. The van der Waals surface area contributed by atoms with E-state index in [4.69, 9.17) is 4.74 Å². The van der Waals surface area contributed by atoms with Crippen molar-refractivity contribution in [2.24, 2.45) is 0 Å². The fourth-order valence-electron chi connectivity index (χ4n) is 1.32. The molecule has 1 unspecified atom stereocenters. The van der Waals surface area contributed by atoms with Crippen molar-refractivity contribution in [3.8, 4) is 0 Å². The number of hydrogen-bond donors (Lipinski definition) is 1. The van der Waals surface area contributed by atoms with Crippen molar-refractivity contribution in [3.63, 3.8) is 0 Å². The van der Waals surface area contributed by atoms with Crippen molar-refractivity contribution < 1.29 is 9.13 Å². The molecular weight excluding hydrogens is 159 g/mol. The number of halogens is 1. The Balaban J connectivity index is 2.06. The van der Waals surface area contributed by atoms with E-state index in [1.807, 2.05) is 0 Å². The number of nitrogens with zero attached hydrogens (tertiary/aromatic N) is 1. The third-order valence-electron chi connectivity index (χ3n) is 1.99. The highest BCUT2D eigenvalue weighted by Crippen LogP contribution is 2.00. The van der Waals surface area contributed by atoms with Gasteiger partial charge in [-0.3, -0.25) is 0 Å². The molecule has 1 saturated heterocycles. The highest BCUT2D eigenvalue weighted by molar-refractivity contribution is 4.70. The van der Waals surface area contributed by atoms with Gasteiger partial charge in [-0.15, -0.1) is 0 Å². The molecule has 1 rings (SSSR count). The van der Waals surface area contributed by atoms with Crippen LogP contribution in [0.3, 0.4) is 0 Å². The molecule has 3 nitrogen and oxygen atoms in total. The van der Waals surface area contributed by atoms with E-state index in [9.17, 15) is 4.39 Å². The van der Waals surface area contributed by atoms with Gasteiger partial charge < -0.3 is 15.0 Å². The lowest BCUT2D eigenvalue weighted by Gasteiger charge is -2.30. The molecule has 0 aromatic carbocycles. The van der Waals surface area contributed by atoms with Gasteiger partial charge in [0.1, 0.15) is 6.67 Å². The van der Waals surface area contributed by atoms with Crippen LogP contribution in [0.2, 0.25) is 0 Å². The average Bonchev–Trinajstić information content (AvgIpc) is 2.05. The van der Waals surface area contributed by atoms with Crippen LogP contribution < -0.4 is 5.32 Å². The van der Waals surface area contributed by atoms with E-state index in [0.717, 1.165) is 26.2 Å². The fraction of sp³-hybridized carbons (Fsp3) is 1.00. The molecule has 1 aliphatic heterocycles. The van der Waals surface area contributed by atoms with Gasteiger partial charge in [-0.05, 0) is 7.05 Å². The standard InChI is InChI=1S/C8H17FN2O/c1-11-4-5-12-8(7-11)6-10-3-2-9/h8,10H,2-7H2,1H3. The van der Waals surface area contributed by atoms with Crippen LogP contribution in [0.25, 0.3) is 0 Å². The number of nitrogens with one attached hydrogen (secondary N) is 1. The van der Waals surface area contributed by atoms with Crippen molar-refractivity contribution in [3.05, 3.63) is 0 Å². The summed E-state index contributed by atoms with van der Waals surface area (Å²) in [5.41, 5.74) is 0. The van der Waals surface area contributed by atoms with Crippen molar-refractivity contribution in [1.82, 2.24) is 10.2 Å². The van der Waals surface area contributed by atoms with Gasteiger partial charge in [0.2, 0.25) is 0 Å². The summed E-state index contributed by atoms with van der Waals surface area (Å²) in [6, 6.07) is 0. The summed E-state index contributed by atoms with van der Waals surface area (Å²) in [6.07, 6.45) is 0.232. The molecule has 1 atom stereocenters. The molecule has 12 heavy (non-hydrogen) atoms. The lowest BCUT2D eigenvalue weighted by molar-refractivity contribution is -0.0180. The van der Waals surface area contributed by atoms with Crippen LogP contribution in [-0.2, 0) is 4.74 Å². The quantitative estimate of drug-likeness (QED) is 0.604. The Morgan fingerprint density at radius 2 is 2.50 bits per heavy atom. The largest absolute Gasteiger partial charge is 0.374 e. The number of morpholine rings is 1. The van der Waals surface area contributed by atoms with E-state index in [-0.39, 0.29) is 12.8 Å². The summed E-state index contributed by atoms with van der Waals surface area (Å²) in [4.78, 5) is 2.23. The first-order valence-corrected chi connectivity index (χ1v) is 4.39. The highest BCUT2D eigenvalue weighted by Gasteiger charge is 2.16. The van der Waals surface area contributed by atoms with Gasteiger partial charge in [0, 0.05) is 26.2 Å². The second-order valence-electron chi connectivity index (χ2n) is 3.15. The number of likely N-dealkylation sites (N-methyl/N-ethyl adjacent to an activating group) is 1. The molecule has 0 amide bonds. The van der Waals surface area contributed by atoms with Gasteiger partial charge in [-0.25, -0.2) is 4.39 Å². The molecule has 0 spiro atoms. The number of alkyl halides is 1. The molecule has 0 bridgehead atoms. The number of ether oxygens (including phenoxy) is 1. The van der Waals surface area contributed by atoms with Gasteiger partial charge in [0.05, 0.1) is 12.7 Å². The van der Waals surface area contributed by atoms with Crippen LogP contribution in [-0.4, -0.2) is 57.5 Å². The molecule has 1 heterocycles. The van der Waals surface area contributed by atoms with Crippen molar-refractivity contribution in [2.45, 2.75) is 6.10 Å². The molecule has 0 aliphatic carbocycles. The zero-order valence-electron chi connectivity index (χ0n) is 7.55. The summed E-state index contributed by atoms with van der Waals surface area (Å²) in [7, 11) is 2.07. The predicted octanol–water partition coefficient (Wildman–Crippen LogP) is -0.124. The van der Waals surface area contributed by atoms with Crippen LogP contribution in [0.4, 0.5) is 4.39 Å². The van der Waals surface area contributed by atoms with Crippen molar-refractivity contribution >= 4 is 0 Å². The zero-order chi connectivity index (χ0) is 8.81.